The number of carbonyl (C=O) groups excluding carboxylic acids is 1. The molecule has 0 atom stereocenters. The highest BCUT2D eigenvalue weighted by molar-refractivity contribution is 6.04. The molecule has 0 aliphatic heterocycles. The molecule has 0 unspecified atom stereocenters. The summed E-state index contributed by atoms with van der Waals surface area (Å²) in [6.45, 7) is 0. The smallest absolute Gasteiger partial charge is 0.255 e. The van der Waals surface area contributed by atoms with Crippen molar-refractivity contribution >= 4 is 17.3 Å². The minimum absolute atomic E-state index is 0.153. The fourth-order valence-corrected chi connectivity index (χ4v) is 1.44. The first-order valence-corrected chi connectivity index (χ1v) is 5.08. The van der Waals surface area contributed by atoms with Crippen LogP contribution in [-0.2, 0) is 0 Å². The summed E-state index contributed by atoms with van der Waals surface area (Å²) in [5.74, 6) is -0.854. The largest absolute Gasteiger partial charge is 0.399 e. The van der Waals surface area contributed by atoms with E-state index in [-0.39, 0.29) is 11.6 Å². The van der Waals surface area contributed by atoms with Crippen LogP contribution in [0, 0.1) is 5.82 Å². The first-order chi connectivity index (χ1) is 8.16. The summed E-state index contributed by atoms with van der Waals surface area (Å²) in [6.07, 6.45) is 0. The summed E-state index contributed by atoms with van der Waals surface area (Å²) in [7, 11) is 0. The Morgan fingerprint density at radius 3 is 2.59 bits per heavy atom. The standard InChI is InChI=1S/C13H11FN2O/c14-11-6-1-2-7-12(11)16-13(17)9-4-3-5-10(15)8-9/h1-8H,15H2,(H,16,17). The van der Waals surface area contributed by atoms with Gasteiger partial charge in [-0.1, -0.05) is 18.2 Å². The van der Waals surface area contributed by atoms with Crippen molar-refractivity contribution in [2.24, 2.45) is 0 Å². The highest BCUT2D eigenvalue weighted by Gasteiger charge is 2.08. The molecule has 1 amide bonds. The van der Waals surface area contributed by atoms with Crippen molar-refractivity contribution in [3.8, 4) is 0 Å². The third-order valence-corrected chi connectivity index (χ3v) is 2.27. The van der Waals surface area contributed by atoms with E-state index in [1.807, 2.05) is 0 Å². The lowest BCUT2D eigenvalue weighted by molar-refractivity contribution is 0.102. The molecule has 0 aromatic heterocycles. The Labute approximate surface area is 98.1 Å². The number of nitrogens with one attached hydrogen (secondary N) is 1. The van der Waals surface area contributed by atoms with E-state index in [1.165, 1.54) is 18.2 Å². The van der Waals surface area contributed by atoms with Gasteiger partial charge in [-0.05, 0) is 30.3 Å². The predicted molar refractivity (Wildman–Crippen MR) is 65.2 cm³/mol. The fraction of sp³-hybridized carbons (Fsp3) is 0. The van der Waals surface area contributed by atoms with Crippen LogP contribution < -0.4 is 11.1 Å². The molecule has 0 spiro atoms. The Hall–Kier alpha value is -2.36. The van der Waals surface area contributed by atoms with Gasteiger partial charge < -0.3 is 11.1 Å². The van der Waals surface area contributed by atoms with Gasteiger partial charge in [-0.2, -0.15) is 0 Å². The van der Waals surface area contributed by atoms with Crippen molar-refractivity contribution in [2.75, 3.05) is 11.1 Å². The van der Waals surface area contributed by atoms with Gasteiger partial charge in [0.05, 0.1) is 5.69 Å². The number of amides is 1. The van der Waals surface area contributed by atoms with Crippen molar-refractivity contribution in [1.82, 2.24) is 0 Å². The molecule has 3 nitrogen and oxygen atoms in total. The van der Waals surface area contributed by atoms with Crippen LogP contribution in [0.15, 0.2) is 48.5 Å². The minimum atomic E-state index is -0.468. The van der Waals surface area contributed by atoms with Crippen molar-refractivity contribution in [3.05, 3.63) is 59.9 Å². The van der Waals surface area contributed by atoms with Crippen LogP contribution in [0.4, 0.5) is 15.8 Å². The number of nitrogen functional groups attached to an aromatic ring is 1. The van der Waals surface area contributed by atoms with Crippen molar-refractivity contribution in [1.29, 1.82) is 0 Å². The van der Waals surface area contributed by atoms with Crippen LogP contribution in [0.5, 0.6) is 0 Å². The molecule has 2 rings (SSSR count). The molecule has 0 heterocycles. The number of para-hydroxylation sites is 1. The number of nitrogens with two attached hydrogens (primary N) is 1. The number of carbonyl (C=O) groups is 1. The topological polar surface area (TPSA) is 55.1 Å². The molecule has 4 heteroatoms. The maximum absolute atomic E-state index is 13.3. The molecular formula is C13H11FN2O. The van der Waals surface area contributed by atoms with E-state index in [9.17, 15) is 9.18 Å². The van der Waals surface area contributed by atoms with E-state index < -0.39 is 5.82 Å². The van der Waals surface area contributed by atoms with E-state index >= 15 is 0 Å². The second-order valence-corrected chi connectivity index (χ2v) is 3.56. The quantitative estimate of drug-likeness (QED) is 0.779. The molecule has 2 aromatic rings. The molecule has 0 radical (unpaired) electrons. The summed E-state index contributed by atoms with van der Waals surface area (Å²) in [5, 5.41) is 2.48. The Kier molecular flexibility index (Phi) is 3.05. The zero-order chi connectivity index (χ0) is 12.3. The maximum atomic E-state index is 13.3. The SMILES string of the molecule is Nc1cccc(C(=O)Nc2ccccc2F)c1. The van der Waals surface area contributed by atoms with E-state index in [2.05, 4.69) is 5.32 Å². The summed E-state index contributed by atoms with van der Waals surface area (Å²) in [4.78, 5) is 11.8. The molecule has 3 N–H and O–H groups in total. The zero-order valence-electron chi connectivity index (χ0n) is 8.98. The molecule has 0 bridgehead atoms. The van der Waals surface area contributed by atoms with Crippen LogP contribution in [0.1, 0.15) is 10.4 Å². The molecule has 0 aliphatic rings. The molecule has 0 aliphatic carbocycles. The van der Waals surface area contributed by atoms with Crippen LogP contribution in [0.2, 0.25) is 0 Å². The maximum Gasteiger partial charge on any atom is 0.255 e. The average molecular weight is 230 g/mol. The van der Waals surface area contributed by atoms with Crippen LogP contribution in [0.25, 0.3) is 0 Å². The number of anilines is 2. The summed E-state index contributed by atoms with van der Waals surface area (Å²) in [5.41, 5.74) is 6.61. The number of hydrogen-bond acceptors (Lipinski definition) is 2. The Morgan fingerprint density at radius 2 is 1.88 bits per heavy atom. The number of benzene rings is 2. The number of halogens is 1. The third kappa shape index (κ3) is 2.60. The van der Waals surface area contributed by atoms with Gasteiger partial charge in [-0.25, -0.2) is 4.39 Å². The van der Waals surface area contributed by atoms with Gasteiger partial charge in [-0.15, -0.1) is 0 Å². The van der Waals surface area contributed by atoms with Gasteiger partial charge in [0.1, 0.15) is 5.82 Å². The molecule has 86 valence electrons. The lowest BCUT2D eigenvalue weighted by atomic mass is 10.2. The van der Waals surface area contributed by atoms with Crippen LogP contribution in [0.3, 0.4) is 0 Å². The van der Waals surface area contributed by atoms with Crippen molar-refractivity contribution in [3.63, 3.8) is 0 Å². The van der Waals surface area contributed by atoms with E-state index in [4.69, 9.17) is 5.73 Å². The normalized spacial score (nSPS) is 9.94. The molecule has 0 saturated heterocycles. The van der Waals surface area contributed by atoms with Gasteiger partial charge in [-0.3, -0.25) is 4.79 Å². The summed E-state index contributed by atoms with van der Waals surface area (Å²) < 4.78 is 13.3. The Morgan fingerprint density at radius 1 is 1.12 bits per heavy atom. The molecular weight excluding hydrogens is 219 g/mol. The van der Waals surface area contributed by atoms with Gasteiger partial charge >= 0.3 is 0 Å². The Bertz CT molecular complexity index is 555. The molecule has 2 aromatic carbocycles. The Balaban J connectivity index is 2.20. The van der Waals surface area contributed by atoms with Crippen molar-refractivity contribution in [2.45, 2.75) is 0 Å². The lowest BCUT2D eigenvalue weighted by Crippen LogP contribution is -2.13. The van der Waals surface area contributed by atoms with Gasteiger partial charge in [0.15, 0.2) is 0 Å². The zero-order valence-corrected chi connectivity index (χ0v) is 8.98. The van der Waals surface area contributed by atoms with Crippen LogP contribution >= 0.6 is 0 Å². The third-order valence-electron chi connectivity index (χ3n) is 2.27. The molecule has 17 heavy (non-hydrogen) atoms. The second-order valence-electron chi connectivity index (χ2n) is 3.56. The van der Waals surface area contributed by atoms with Crippen LogP contribution in [-0.4, -0.2) is 5.91 Å². The van der Waals surface area contributed by atoms with E-state index in [0.29, 0.717) is 11.3 Å². The monoisotopic (exact) mass is 230 g/mol. The van der Waals surface area contributed by atoms with Gasteiger partial charge in [0.25, 0.3) is 5.91 Å². The predicted octanol–water partition coefficient (Wildman–Crippen LogP) is 2.66. The highest BCUT2D eigenvalue weighted by atomic mass is 19.1. The number of hydrogen-bond donors (Lipinski definition) is 2. The van der Waals surface area contributed by atoms with Gasteiger partial charge in [0.2, 0.25) is 0 Å². The van der Waals surface area contributed by atoms with E-state index in [1.54, 1.807) is 30.3 Å². The summed E-state index contributed by atoms with van der Waals surface area (Å²) in [6, 6.07) is 12.5. The van der Waals surface area contributed by atoms with Gasteiger partial charge in [0, 0.05) is 11.3 Å². The second kappa shape index (κ2) is 4.65. The highest BCUT2D eigenvalue weighted by Crippen LogP contribution is 2.14. The van der Waals surface area contributed by atoms with Crippen molar-refractivity contribution < 1.29 is 9.18 Å². The molecule has 0 saturated carbocycles. The number of rotatable bonds is 2. The first kappa shape index (κ1) is 11.1. The summed E-state index contributed by atoms with van der Waals surface area (Å²) >= 11 is 0. The fourth-order valence-electron chi connectivity index (χ4n) is 1.44. The minimum Gasteiger partial charge on any atom is -0.399 e. The first-order valence-electron chi connectivity index (χ1n) is 5.08. The van der Waals surface area contributed by atoms with E-state index in [0.717, 1.165) is 0 Å². The molecule has 0 fully saturated rings. The lowest BCUT2D eigenvalue weighted by Gasteiger charge is -2.06. The average Bonchev–Trinajstić information content (AvgIpc) is 2.32.